The van der Waals surface area contributed by atoms with Crippen LogP contribution in [-0.2, 0) is 12.0 Å². The topological polar surface area (TPSA) is 73.5 Å². The molecular weight excluding hydrogens is 223 g/mol. The fourth-order valence-electron chi connectivity index (χ4n) is 1.23. The second-order valence-electron chi connectivity index (χ2n) is 3.10. The van der Waals surface area contributed by atoms with Gasteiger partial charge in [-0.1, -0.05) is 12.1 Å². The molecule has 1 aromatic rings. The number of halogens is 3. The second-order valence-corrected chi connectivity index (χ2v) is 3.10. The zero-order valence-corrected chi connectivity index (χ0v) is 7.68. The molecule has 1 heterocycles. The van der Waals surface area contributed by atoms with Crippen molar-refractivity contribution in [2.75, 3.05) is 0 Å². The summed E-state index contributed by atoms with van der Waals surface area (Å²) in [6.45, 7) is 0. The molecule has 0 radical (unpaired) electrons. The Balaban J connectivity index is 2.41. The third-order valence-corrected chi connectivity index (χ3v) is 2.05. The lowest BCUT2D eigenvalue weighted by Gasteiger charge is -2.09. The summed E-state index contributed by atoms with van der Waals surface area (Å²) in [6.07, 6.45) is -4.44. The Bertz CT molecular complexity index is 495. The van der Waals surface area contributed by atoms with Gasteiger partial charge in [0.15, 0.2) is 0 Å². The van der Waals surface area contributed by atoms with Crippen LogP contribution in [0, 0.1) is 0 Å². The summed E-state index contributed by atoms with van der Waals surface area (Å²) in [7, 11) is 0. The van der Waals surface area contributed by atoms with Gasteiger partial charge in [-0.05, 0) is 22.8 Å². The number of benzene rings is 1. The number of hydrogen-bond donors (Lipinski definition) is 0. The average molecular weight is 227 g/mol. The van der Waals surface area contributed by atoms with Gasteiger partial charge in [-0.15, -0.1) is 10.2 Å². The van der Waals surface area contributed by atoms with E-state index in [2.05, 4.69) is 20.3 Å². The van der Waals surface area contributed by atoms with Gasteiger partial charge >= 0.3 is 6.18 Å². The first-order valence-electron chi connectivity index (χ1n) is 4.16. The Morgan fingerprint density at radius 2 is 2.00 bits per heavy atom. The van der Waals surface area contributed by atoms with Crippen molar-refractivity contribution in [2.24, 2.45) is 15.3 Å². The van der Waals surface area contributed by atoms with Crippen LogP contribution in [0.25, 0.3) is 10.4 Å². The molecule has 5 nitrogen and oxygen atoms in total. The quantitative estimate of drug-likeness (QED) is 0.420. The number of hydrogen-bond acceptors (Lipinski definition) is 3. The summed E-state index contributed by atoms with van der Waals surface area (Å²) in [5.41, 5.74) is 7.54. The fourth-order valence-corrected chi connectivity index (χ4v) is 1.23. The van der Waals surface area contributed by atoms with Gasteiger partial charge in [0.2, 0.25) is 0 Å². The molecule has 0 N–H and O–H groups in total. The van der Waals surface area contributed by atoms with E-state index in [-0.39, 0.29) is 5.56 Å². The van der Waals surface area contributed by atoms with Crippen LogP contribution in [0.15, 0.2) is 39.6 Å². The Hall–Kier alpha value is -2.08. The number of alkyl halides is 3. The van der Waals surface area contributed by atoms with Crippen molar-refractivity contribution in [2.45, 2.75) is 12.0 Å². The molecule has 0 fully saturated rings. The normalized spacial score (nSPS) is 16.7. The molecule has 16 heavy (non-hydrogen) atoms. The van der Waals surface area contributed by atoms with E-state index in [1.807, 2.05) is 0 Å². The summed E-state index contributed by atoms with van der Waals surface area (Å²) in [4.78, 5) is 2.49. The Morgan fingerprint density at radius 1 is 1.31 bits per heavy atom. The summed E-state index contributed by atoms with van der Waals surface area (Å²) < 4.78 is 37.2. The van der Waals surface area contributed by atoms with Crippen LogP contribution in [0.3, 0.4) is 0 Å². The minimum atomic E-state index is -4.44. The van der Waals surface area contributed by atoms with Gasteiger partial charge in [0.1, 0.15) is 0 Å². The van der Waals surface area contributed by atoms with E-state index in [1.54, 1.807) is 0 Å². The van der Waals surface area contributed by atoms with E-state index >= 15 is 0 Å². The highest BCUT2D eigenvalue weighted by molar-refractivity contribution is 5.32. The van der Waals surface area contributed by atoms with Crippen molar-refractivity contribution in [1.29, 1.82) is 0 Å². The van der Waals surface area contributed by atoms with Crippen LogP contribution >= 0.6 is 0 Å². The number of rotatable bonds is 2. The van der Waals surface area contributed by atoms with Crippen molar-refractivity contribution in [3.05, 3.63) is 45.8 Å². The molecule has 0 bridgehead atoms. The molecule has 2 rings (SSSR count). The molecule has 1 aromatic carbocycles. The first kappa shape index (κ1) is 10.4. The molecule has 0 aliphatic carbocycles. The predicted octanol–water partition coefficient (Wildman–Crippen LogP) is 3.59. The van der Waals surface area contributed by atoms with Crippen molar-refractivity contribution >= 4 is 0 Å². The molecule has 0 unspecified atom stereocenters. The zero-order valence-electron chi connectivity index (χ0n) is 7.68. The molecule has 0 saturated heterocycles. The monoisotopic (exact) mass is 227 g/mol. The summed E-state index contributed by atoms with van der Waals surface area (Å²) >= 11 is 0. The van der Waals surface area contributed by atoms with Crippen LogP contribution in [0.5, 0.6) is 0 Å². The van der Waals surface area contributed by atoms with Crippen molar-refractivity contribution in [3.63, 3.8) is 0 Å². The molecule has 1 aliphatic heterocycles. The lowest BCUT2D eigenvalue weighted by atomic mass is 10.1. The van der Waals surface area contributed by atoms with Gasteiger partial charge in [-0.25, -0.2) is 0 Å². The Kier molecular flexibility index (Phi) is 2.09. The fraction of sp³-hybridized carbons (Fsp3) is 0.250. The zero-order chi connectivity index (χ0) is 11.8. The lowest BCUT2D eigenvalue weighted by Crippen LogP contribution is -2.09. The van der Waals surface area contributed by atoms with Gasteiger partial charge < -0.3 is 0 Å². The SMILES string of the molecule is [N-]=[N+]=NC1(c2cccc(C(F)(F)F)c2)N=N1. The highest BCUT2D eigenvalue weighted by atomic mass is 19.4. The maximum atomic E-state index is 12.4. The third kappa shape index (κ3) is 1.70. The predicted molar refractivity (Wildman–Crippen MR) is 47.1 cm³/mol. The molecule has 8 heteroatoms. The van der Waals surface area contributed by atoms with Gasteiger partial charge in [-0.2, -0.15) is 13.2 Å². The molecule has 0 aromatic heterocycles. The van der Waals surface area contributed by atoms with Gasteiger partial charge in [0.05, 0.1) is 5.56 Å². The molecule has 0 spiro atoms. The summed E-state index contributed by atoms with van der Waals surface area (Å²) in [5.74, 6) is -1.49. The second kappa shape index (κ2) is 3.21. The molecule has 0 saturated carbocycles. The van der Waals surface area contributed by atoms with Crippen molar-refractivity contribution < 1.29 is 13.2 Å². The molecule has 82 valence electrons. The summed E-state index contributed by atoms with van der Waals surface area (Å²) in [5, 5.41) is 10.1. The van der Waals surface area contributed by atoms with Crippen LogP contribution in [0.4, 0.5) is 13.2 Å². The Labute approximate surface area is 87.2 Å². The minimum absolute atomic E-state index is 0.111. The maximum absolute atomic E-state index is 12.4. The van der Waals surface area contributed by atoms with Crippen LogP contribution in [0.2, 0.25) is 0 Å². The maximum Gasteiger partial charge on any atom is 0.416 e. The van der Waals surface area contributed by atoms with Crippen LogP contribution < -0.4 is 0 Å². The highest BCUT2D eigenvalue weighted by Crippen LogP contribution is 2.42. The van der Waals surface area contributed by atoms with Gasteiger partial charge in [0, 0.05) is 10.5 Å². The van der Waals surface area contributed by atoms with E-state index < -0.39 is 17.5 Å². The van der Waals surface area contributed by atoms with Crippen LogP contribution in [-0.4, -0.2) is 0 Å². The standard InChI is InChI=1S/C8H4F3N5/c9-7(10,11)5-2-1-3-6(4-5)8(13-14-8)15-16-12/h1-4H. The minimum Gasteiger partial charge on any atom is -0.166 e. The molecule has 0 amide bonds. The van der Waals surface area contributed by atoms with E-state index in [4.69, 9.17) is 5.53 Å². The van der Waals surface area contributed by atoms with Crippen molar-refractivity contribution in [3.8, 4) is 0 Å². The average Bonchev–Trinajstić information content (AvgIpc) is 2.99. The largest absolute Gasteiger partial charge is 0.416 e. The van der Waals surface area contributed by atoms with E-state index in [0.717, 1.165) is 12.1 Å². The lowest BCUT2D eigenvalue weighted by molar-refractivity contribution is -0.137. The van der Waals surface area contributed by atoms with Crippen LogP contribution in [0.1, 0.15) is 11.1 Å². The highest BCUT2D eigenvalue weighted by Gasteiger charge is 2.43. The number of nitrogens with zero attached hydrogens (tertiary/aromatic N) is 5. The smallest absolute Gasteiger partial charge is 0.166 e. The van der Waals surface area contributed by atoms with Gasteiger partial charge in [0.25, 0.3) is 5.79 Å². The van der Waals surface area contributed by atoms with E-state index in [0.29, 0.717) is 0 Å². The molecule has 1 aliphatic rings. The first-order chi connectivity index (χ1) is 7.48. The number of azide groups is 1. The van der Waals surface area contributed by atoms with Crippen molar-refractivity contribution in [1.82, 2.24) is 0 Å². The summed E-state index contributed by atoms with van der Waals surface area (Å²) in [6, 6.07) is 4.39. The first-order valence-corrected chi connectivity index (χ1v) is 4.16. The molecular formula is C8H4F3N5. The molecule has 0 atom stereocenters. The Morgan fingerprint density at radius 3 is 2.50 bits per heavy atom. The third-order valence-electron chi connectivity index (χ3n) is 2.05. The van der Waals surface area contributed by atoms with E-state index in [9.17, 15) is 13.2 Å². The van der Waals surface area contributed by atoms with E-state index in [1.165, 1.54) is 12.1 Å². The van der Waals surface area contributed by atoms with Gasteiger partial charge in [-0.3, -0.25) is 0 Å².